The SMILES string of the molecule is CC(C)(C)c1ccc(N2c3ccc(N4c5ccc(C(C)(C)C)cc5C5(C)CCCCC45C)cc3B3c4ccccc4N(c4ccccc4)c4cc(N5c6ccc(C(C)(C)C)cc6C6(C)CCCC56C)cc2c43)cc1. The lowest BCUT2D eigenvalue weighted by Crippen LogP contribution is -2.61. The van der Waals surface area contributed by atoms with Crippen LogP contribution in [0.2, 0.25) is 0 Å². The van der Waals surface area contributed by atoms with E-state index in [4.69, 9.17) is 0 Å². The fourth-order valence-electron chi connectivity index (χ4n) is 15.5. The lowest BCUT2D eigenvalue weighted by Gasteiger charge is -2.51. The van der Waals surface area contributed by atoms with Gasteiger partial charge in [0.1, 0.15) is 0 Å². The van der Waals surface area contributed by atoms with E-state index in [0.717, 1.165) is 12.8 Å². The number of hydrogen-bond acceptors (Lipinski definition) is 4. The highest BCUT2D eigenvalue weighted by Gasteiger charge is 2.61. The van der Waals surface area contributed by atoms with Crippen LogP contribution in [0, 0.1) is 0 Å². The molecule has 5 heteroatoms. The van der Waals surface area contributed by atoms with E-state index in [2.05, 4.69) is 255 Å². The van der Waals surface area contributed by atoms with Gasteiger partial charge in [0.25, 0.3) is 6.71 Å². The second-order valence-corrected chi connectivity index (χ2v) is 27.3. The fraction of sp³-hybridized carbons (Fsp3) is 0.391. The van der Waals surface area contributed by atoms with Crippen LogP contribution < -0.4 is 36.0 Å². The summed E-state index contributed by atoms with van der Waals surface area (Å²) in [5.41, 5.74) is 24.0. The van der Waals surface area contributed by atoms with Crippen LogP contribution in [-0.2, 0) is 27.1 Å². The molecule has 4 nitrogen and oxygen atoms in total. The molecule has 376 valence electrons. The van der Waals surface area contributed by atoms with Crippen molar-refractivity contribution in [3.8, 4) is 0 Å². The number of rotatable bonds is 4. The van der Waals surface area contributed by atoms with Crippen molar-refractivity contribution in [1.29, 1.82) is 0 Å². The first-order valence-electron chi connectivity index (χ1n) is 28.1. The Kier molecular flexibility index (Phi) is 10.1. The number of fused-ring (bicyclic) bond motifs is 10. The van der Waals surface area contributed by atoms with Gasteiger partial charge in [-0.3, -0.25) is 0 Å². The van der Waals surface area contributed by atoms with Crippen molar-refractivity contribution >= 4 is 80.0 Å². The average Bonchev–Trinajstić information content (AvgIpc) is 3.92. The van der Waals surface area contributed by atoms with Crippen LogP contribution in [0.5, 0.6) is 0 Å². The van der Waals surface area contributed by atoms with Crippen LogP contribution in [0.1, 0.15) is 163 Å². The Morgan fingerprint density at radius 2 is 0.811 bits per heavy atom. The van der Waals surface area contributed by atoms with Gasteiger partial charge in [0.2, 0.25) is 0 Å². The second kappa shape index (κ2) is 15.7. The summed E-state index contributed by atoms with van der Waals surface area (Å²) in [6, 6.07) is 57.8. The largest absolute Gasteiger partial charge is 0.334 e. The third kappa shape index (κ3) is 6.46. The van der Waals surface area contributed by atoms with Crippen molar-refractivity contribution in [2.75, 3.05) is 19.6 Å². The van der Waals surface area contributed by atoms with Crippen LogP contribution in [0.15, 0.2) is 146 Å². The molecule has 7 aromatic carbocycles. The Bertz CT molecular complexity index is 3430. The number of hydrogen-bond donors (Lipinski definition) is 0. The van der Waals surface area contributed by atoms with E-state index >= 15 is 0 Å². The Labute approximate surface area is 443 Å². The van der Waals surface area contributed by atoms with E-state index < -0.39 is 0 Å². The zero-order chi connectivity index (χ0) is 51.7. The molecule has 13 rings (SSSR count). The molecule has 4 unspecified atom stereocenters. The molecule has 0 saturated heterocycles. The van der Waals surface area contributed by atoms with Crippen LogP contribution in [0.4, 0.5) is 56.9 Å². The van der Waals surface area contributed by atoms with Gasteiger partial charge in [-0.05, 0) is 173 Å². The van der Waals surface area contributed by atoms with Gasteiger partial charge in [-0.15, -0.1) is 0 Å². The zero-order valence-electron chi connectivity index (χ0n) is 46.7. The van der Waals surface area contributed by atoms with Crippen LogP contribution in [0.3, 0.4) is 0 Å². The molecule has 0 radical (unpaired) electrons. The molecule has 6 aliphatic rings. The monoisotopic (exact) mass is 973 g/mol. The molecule has 4 atom stereocenters. The van der Waals surface area contributed by atoms with Crippen LogP contribution in [-0.4, -0.2) is 17.8 Å². The minimum Gasteiger partial charge on any atom is -0.334 e. The van der Waals surface area contributed by atoms with Crippen LogP contribution >= 0.6 is 0 Å². The summed E-state index contributed by atoms with van der Waals surface area (Å²) in [7, 11) is 0. The normalized spacial score (nSPS) is 24.5. The highest BCUT2D eigenvalue weighted by molar-refractivity contribution is 7.00. The maximum Gasteiger partial charge on any atom is 0.252 e. The van der Waals surface area contributed by atoms with Crippen molar-refractivity contribution < 1.29 is 0 Å². The molecule has 0 N–H and O–H groups in total. The molecule has 0 aromatic heterocycles. The van der Waals surface area contributed by atoms with Crippen molar-refractivity contribution in [2.45, 2.75) is 173 Å². The summed E-state index contributed by atoms with van der Waals surface area (Å²) >= 11 is 0. The van der Waals surface area contributed by atoms with Crippen molar-refractivity contribution in [3.05, 3.63) is 173 Å². The molecule has 74 heavy (non-hydrogen) atoms. The van der Waals surface area contributed by atoms with E-state index in [-0.39, 0.29) is 44.9 Å². The Hall–Kier alpha value is -6.20. The molecular weight excluding hydrogens is 896 g/mol. The fourth-order valence-corrected chi connectivity index (χ4v) is 15.5. The van der Waals surface area contributed by atoms with Crippen molar-refractivity contribution in [3.63, 3.8) is 0 Å². The standard InChI is InChI=1S/C69H77BN4/c1-63(2,3)45-26-30-49(31-27-45)72-59-35-32-50(73-56-33-28-46(64(4,5)6)40-52(56)66(10)36-19-20-38-68(66,73)12)42-55(59)70-54-24-17-18-25-58(54)71(48-22-15-14-16-23-48)60-43-51(44-61(72)62(60)70)74-57-34-29-47(65(7,8)9)41-53(57)67(11)37-21-39-69(67,74)13/h14-18,22-35,40-44H,19-21,36-39H2,1-13H3. The smallest absolute Gasteiger partial charge is 0.252 e. The Balaban J connectivity index is 1.10. The minimum absolute atomic E-state index is 0.00398. The maximum atomic E-state index is 2.80. The van der Waals surface area contributed by atoms with E-state index in [1.165, 1.54) is 133 Å². The number of nitrogens with zero attached hydrogens (tertiary/aromatic N) is 4. The quantitative estimate of drug-likeness (QED) is 0.163. The summed E-state index contributed by atoms with van der Waals surface area (Å²) < 4.78 is 0. The molecule has 4 heterocycles. The van der Waals surface area contributed by atoms with Gasteiger partial charge in [0.15, 0.2) is 0 Å². The molecular formula is C69H77BN4. The highest BCUT2D eigenvalue weighted by Crippen LogP contribution is 2.64. The average molecular weight is 973 g/mol. The molecule has 2 fully saturated rings. The third-order valence-corrected chi connectivity index (χ3v) is 20.2. The number of para-hydroxylation sites is 2. The van der Waals surface area contributed by atoms with Gasteiger partial charge in [0.05, 0.1) is 11.1 Å². The predicted octanol–water partition coefficient (Wildman–Crippen LogP) is 16.8. The van der Waals surface area contributed by atoms with Gasteiger partial charge < -0.3 is 19.6 Å². The first-order valence-corrected chi connectivity index (χ1v) is 28.1. The molecule has 2 saturated carbocycles. The first kappa shape index (κ1) is 47.5. The van der Waals surface area contributed by atoms with E-state index in [1.54, 1.807) is 0 Å². The third-order valence-electron chi connectivity index (χ3n) is 20.2. The summed E-state index contributed by atoms with van der Waals surface area (Å²) in [6.07, 6.45) is 8.41. The highest BCUT2D eigenvalue weighted by atomic mass is 15.3. The summed E-state index contributed by atoms with van der Waals surface area (Å²) in [5, 5.41) is 0. The van der Waals surface area contributed by atoms with E-state index in [0.29, 0.717) is 0 Å². The summed E-state index contributed by atoms with van der Waals surface area (Å²) in [5.74, 6) is 0. The Morgan fingerprint density at radius 3 is 1.39 bits per heavy atom. The van der Waals surface area contributed by atoms with Gasteiger partial charge >= 0.3 is 0 Å². The topological polar surface area (TPSA) is 13.0 Å². The lowest BCUT2D eigenvalue weighted by atomic mass is 9.33. The van der Waals surface area contributed by atoms with Gasteiger partial charge in [-0.2, -0.15) is 0 Å². The molecule has 0 spiro atoms. The molecule has 2 aliphatic carbocycles. The van der Waals surface area contributed by atoms with E-state index in [9.17, 15) is 0 Å². The van der Waals surface area contributed by atoms with Gasteiger partial charge in [-0.25, -0.2) is 0 Å². The first-order chi connectivity index (χ1) is 35.1. The lowest BCUT2D eigenvalue weighted by molar-refractivity contribution is 0.195. The molecule has 7 aromatic rings. The Morgan fingerprint density at radius 1 is 0.365 bits per heavy atom. The summed E-state index contributed by atoms with van der Waals surface area (Å²) in [4.78, 5) is 10.8. The van der Waals surface area contributed by atoms with E-state index in [1.807, 2.05) is 0 Å². The maximum absolute atomic E-state index is 2.80. The molecule has 0 bridgehead atoms. The summed E-state index contributed by atoms with van der Waals surface area (Å²) in [6.45, 7) is 31.5. The van der Waals surface area contributed by atoms with Crippen molar-refractivity contribution in [2.24, 2.45) is 0 Å². The molecule has 0 amide bonds. The number of anilines is 10. The minimum atomic E-state index is -0.111. The zero-order valence-corrected chi connectivity index (χ0v) is 46.7. The number of benzene rings is 7. The van der Waals surface area contributed by atoms with Crippen LogP contribution in [0.25, 0.3) is 0 Å². The van der Waals surface area contributed by atoms with Crippen molar-refractivity contribution in [1.82, 2.24) is 0 Å². The molecule has 4 aliphatic heterocycles. The van der Waals surface area contributed by atoms with Gasteiger partial charge in [0, 0.05) is 67.7 Å². The predicted molar refractivity (Wildman–Crippen MR) is 318 cm³/mol. The van der Waals surface area contributed by atoms with Gasteiger partial charge in [-0.1, -0.05) is 168 Å². The second-order valence-electron chi connectivity index (χ2n) is 27.3.